The molecule has 0 spiro atoms. The summed E-state index contributed by atoms with van der Waals surface area (Å²) in [4.78, 5) is 22.4. The summed E-state index contributed by atoms with van der Waals surface area (Å²) in [6, 6.07) is 11.0. The average Bonchev–Trinajstić information content (AvgIpc) is 2.53. The van der Waals surface area contributed by atoms with Gasteiger partial charge in [0.2, 0.25) is 10.0 Å². The summed E-state index contributed by atoms with van der Waals surface area (Å²) in [5, 5.41) is 16.3. The van der Waals surface area contributed by atoms with Gasteiger partial charge in [0, 0.05) is 5.69 Å². The third-order valence-electron chi connectivity index (χ3n) is 2.94. The highest BCUT2D eigenvalue weighted by Crippen LogP contribution is 2.14. The molecule has 8 nitrogen and oxygen atoms in total. The van der Waals surface area contributed by atoms with Gasteiger partial charge in [0.15, 0.2) is 6.61 Å². The summed E-state index contributed by atoms with van der Waals surface area (Å²) in [5.74, 6) is -1.16. The van der Waals surface area contributed by atoms with Gasteiger partial charge in [-0.25, -0.2) is 18.4 Å². The summed E-state index contributed by atoms with van der Waals surface area (Å²) >= 11 is 0. The first kappa shape index (κ1) is 17.4. The maximum atomic E-state index is 11.8. The van der Waals surface area contributed by atoms with Gasteiger partial charge >= 0.3 is 5.97 Å². The minimum Gasteiger partial charge on any atom is -0.484 e. The predicted octanol–water partition coefficient (Wildman–Crippen LogP) is 1.05. The lowest BCUT2D eigenvalue weighted by Crippen LogP contribution is -2.20. The number of carbonyl (C=O) groups excluding carboxylic acids is 1. The SMILES string of the molecule is NS(=O)(=O)c1ccc(NC(=O)COc2ccc(C(=O)O)cc2)cc1. The maximum Gasteiger partial charge on any atom is 0.335 e. The molecule has 1 amide bonds. The van der Waals surface area contributed by atoms with Gasteiger partial charge in [-0.05, 0) is 48.5 Å². The largest absolute Gasteiger partial charge is 0.484 e. The Labute approximate surface area is 137 Å². The van der Waals surface area contributed by atoms with E-state index in [1.54, 1.807) is 0 Å². The molecule has 4 N–H and O–H groups in total. The Morgan fingerprint density at radius 1 is 1.04 bits per heavy atom. The first-order chi connectivity index (χ1) is 11.3. The predicted molar refractivity (Wildman–Crippen MR) is 85.3 cm³/mol. The molecule has 0 aliphatic carbocycles. The maximum absolute atomic E-state index is 11.8. The van der Waals surface area contributed by atoms with Crippen LogP contribution in [0.4, 0.5) is 5.69 Å². The Kier molecular flexibility index (Phi) is 5.17. The van der Waals surface area contributed by atoms with E-state index in [4.69, 9.17) is 15.0 Å². The third kappa shape index (κ3) is 4.80. The first-order valence-electron chi connectivity index (χ1n) is 6.64. The quantitative estimate of drug-likeness (QED) is 0.712. The molecule has 126 valence electrons. The van der Waals surface area contributed by atoms with E-state index >= 15 is 0 Å². The van der Waals surface area contributed by atoms with E-state index in [0.29, 0.717) is 11.4 Å². The Morgan fingerprint density at radius 2 is 1.62 bits per heavy atom. The number of sulfonamides is 1. The molecule has 2 aromatic rings. The van der Waals surface area contributed by atoms with Gasteiger partial charge in [0.25, 0.3) is 5.91 Å². The molecule has 0 radical (unpaired) electrons. The van der Waals surface area contributed by atoms with Crippen LogP contribution in [0.1, 0.15) is 10.4 Å². The van der Waals surface area contributed by atoms with Gasteiger partial charge in [0.1, 0.15) is 5.75 Å². The normalized spacial score (nSPS) is 10.9. The smallest absolute Gasteiger partial charge is 0.335 e. The number of primary sulfonamides is 1. The van der Waals surface area contributed by atoms with E-state index in [0.717, 1.165) is 0 Å². The number of anilines is 1. The second kappa shape index (κ2) is 7.11. The molecule has 0 fully saturated rings. The van der Waals surface area contributed by atoms with Crippen molar-refractivity contribution in [3.05, 3.63) is 54.1 Å². The van der Waals surface area contributed by atoms with Crippen molar-refractivity contribution >= 4 is 27.6 Å². The highest BCUT2D eigenvalue weighted by Gasteiger charge is 2.09. The molecule has 2 aromatic carbocycles. The molecular formula is C15H14N2O6S. The number of amides is 1. The standard InChI is InChI=1S/C15H14N2O6S/c16-24(21,22)13-7-3-11(4-8-13)17-14(18)9-23-12-5-1-10(2-6-12)15(19)20/h1-8H,9H2,(H,17,18)(H,19,20)(H2,16,21,22). The fraction of sp³-hybridized carbons (Fsp3) is 0.0667. The van der Waals surface area contributed by atoms with Crippen LogP contribution in [-0.2, 0) is 14.8 Å². The minimum atomic E-state index is -3.78. The topological polar surface area (TPSA) is 136 Å². The van der Waals surface area contributed by atoms with Crippen LogP contribution in [0.25, 0.3) is 0 Å². The van der Waals surface area contributed by atoms with Crippen LogP contribution in [0, 0.1) is 0 Å². The highest BCUT2D eigenvalue weighted by molar-refractivity contribution is 7.89. The molecule has 0 saturated carbocycles. The Bertz CT molecular complexity index is 845. The van der Waals surface area contributed by atoms with Crippen LogP contribution in [0.3, 0.4) is 0 Å². The van der Waals surface area contributed by atoms with Crippen molar-refractivity contribution in [3.63, 3.8) is 0 Å². The van der Waals surface area contributed by atoms with Gasteiger partial charge in [0.05, 0.1) is 10.5 Å². The minimum absolute atomic E-state index is 0.0599. The Balaban J connectivity index is 1.90. The van der Waals surface area contributed by atoms with E-state index < -0.39 is 21.9 Å². The lowest BCUT2D eigenvalue weighted by atomic mass is 10.2. The van der Waals surface area contributed by atoms with Crippen LogP contribution in [-0.4, -0.2) is 32.0 Å². The summed E-state index contributed by atoms with van der Waals surface area (Å²) in [7, 11) is -3.78. The zero-order valence-electron chi connectivity index (χ0n) is 12.3. The number of ether oxygens (including phenoxy) is 1. The van der Waals surface area contributed by atoms with E-state index in [2.05, 4.69) is 5.32 Å². The van der Waals surface area contributed by atoms with Gasteiger partial charge in [-0.3, -0.25) is 4.79 Å². The zero-order valence-corrected chi connectivity index (χ0v) is 13.1. The molecule has 9 heteroatoms. The molecule has 0 atom stereocenters. The van der Waals surface area contributed by atoms with Crippen molar-refractivity contribution in [2.75, 3.05) is 11.9 Å². The van der Waals surface area contributed by atoms with Gasteiger partial charge in [-0.1, -0.05) is 0 Å². The first-order valence-corrected chi connectivity index (χ1v) is 8.19. The number of carbonyl (C=O) groups is 2. The third-order valence-corrected chi connectivity index (χ3v) is 3.87. The van der Waals surface area contributed by atoms with Gasteiger partial charge in [-0.15, -0.1) is 0 Å². The number of aromatic carboxylic acids is 1. The van der Waals surface area contributed by atoms with Crippen LogP contribution in [0.15, 0.2) is 53.4 Å². The fourth-order valence-electron chi connectivity index (χ4n) is 1.77. The second-order valence-corrected chi connectivity index (χ2v) is 6.30. The van der Waals surface area contributed by atoms with Gasteiger partial charge < -0.3 is 15.2 Å². The summed E-state index contributed by atoms with van der Waals surface area (Å²) in [5.41, 5.74) is 0.499. The number of hydrogen-bond acceptors (Lipinski definition) is 5. The number of hydrogen-bond donors (Lipinski definition) is 3. The lowest BCUT2D eigenvalue weighted by Gasteiger charge is -2.08. The van der Waals surface area contributed by atoms with E-state index in [1.165, 1.54) is 48.5 Å². The Morgan fingerprint density at radius 3 is 2.12 bits per heavy atom. The van der Waals surface area contributed by atoms with Crippen LogP contribution < -0.4 is 15.2 Å². The summed E-state index contributed by atoms with van der Waals surface area (Å²) < 4.78 is 27.5. The molecule has 2 rings (SSSR count). The molecule has 0 aliphatic heterocycles. The van der Waals surface area contributed by atoms with E-state index in [1.807, 2.05) is 0 Å². The van der Waals surface area contributed by atoms with Crippen molar-refractivity contribution in [2.24, 2.45) is 5.14 Å². The summed E-state index contributed by atoms with van der Waals surface area (Å²) in [6.07, 6.45) is 0. The Hall–Kier alpha value is -2.91. The number of nitrogens with one attached hydrogen (secondary N) is 1. The average molecular weight is 350 g/mol. The number of rotatable bonds is 6. The monoisotopic (exact) mass is 350 g/mol. The van der Waals surface area contributed by atoms with Gasteiger partial charge in [-0.2, -0.15) is 0 Å². The molecule has 0 bridgehead atoms. The van der Waals surface area contributed by atoms with Crippen molar-refractivity contribution < 1.29 is 27.9 Å². The van der Waals surface area contributed by atoms with E-state index in [-0.39, 0.29) is 17.1 Å². The van der Waals surface area contributed by atoms with Crippen LogP contribution in [0.5, 0.6) is 5.75 Å². The molecule has 0 aliphatic rings. The molecule has 0 saturated heterocycles. The lowest BCUT2D eigenvalue weighted by molar-refractivity contribution is -0.118. The van der Waals surface area contributed by atoms with Crippen LogP contribution in [0.2, 0.25) is 0 Å². The van der Waals surface area contributed by atoms with Crippen molar-refractivity contribution in [1.29, 1.82) is 0 Å². The van der Waals surface area contributed by atoms with Crippen molar-refractivity contribution in [3.8, 4) is 5.75 Å². The van der Waals surface area contributed by atoms with E-state index in [9.17, 15) is 18.0 Å². The number of carboxylic acid groups (broad SMARTS) is 1. The van der Waals surface area contributed by atoms with Crippen molar-refractivity contribution in [2.45, 2.75) is 4.90 Å². The summed E-state index contributed by atoms with van der Waals surface area (Å²) in [6.45, 7) is -0.288. The molecular weight excluding hydrogens is 336 g/mol. The zero-order chi connectivity index (χ0) is 17.7. The van der Waals surface area contributed by atoms with Crippen molar-refractivity contribution in [1.82, 2.24) is 0 Å². The highest BCUT2D eigenvalue weighted by atomic mass is 32.2. The molecule has 24 heavy (non-hydrogen) atoms. The fourth-order valence-corrected chi connectivity index (χ4v) is 2.28. The number of benzene rings is 2. The second-order valence-electron chi connectivity index (χ2n) is 4.74. The molecule has 0 aromatic heterocycles. The molecule has 0 heterocycles. The van der Waals surface area contributed by atoms with Crippen LogP contribution >= 0.6 is 0 Å². The molecule has 0 unspecified atom stereocenters. The number of nitrogens with two attached hydrogens (primary N) is 1. The number of carboxylic acids is 1.